The third kappa shape index (κ3) is 1.72. The van der Waals surface area contributed by atoms with Gasteiger partial charge in [-0.2, -0.15) is 0 Å². The molecule has 0 amide bonds. The molecule has 1 aromatic carbocycles. The van der Waals surface area contributed by atoms with Crippen LogP contribution < -0.4 is 0 Å². The first-order valence-electron chi connectivity index (χ1n) is 4.58. The quantitative estimate of drug-likeness (QED) is 0.546. The van der Waals surface area contributed by atoms with Crippen molar-refractivity contribution in [1.29, 1.82) is 0 Å². The lowest BCUT2D eigenvalue weighted by molar-refractivity contribution is -0.113. The molecular weight excluding hydrogens is 208 g/mol. The monoisotopic (exact) mass is 216 g/mol. The van der Waals surface area contributed by atoms with Crippen molar-refractivity contribution in [3.63, 3.8) is 0 Å². The van der Waals surface area contributed by atoms with Crippen molar-refractivity contribution in [2.75, 3.05) is 0 Å². The van der Waals surface area contributed by atoms with Crippen molar-refractivity contribution in [3.8, 4) is 11.5 Å². The van der Waals surface area contributed by atoms with E-state index in [-0.39, 0.29) is 34.2 Å². The molecule has 4 heteroatoms. The molecule has 0 aliphatic heterocycles. The smallest absolute Gasteiger partial charge is 0.186 e. The van der Waals surface area contributed by atoms with Crippen LogP contribution >= 0.6 is 0 Å². The molecule has 0 aromatic heterocycles. The van der Waals surface area contributed by atoms with Gasteiger partial charge < -0.3 is 10.2 Å². The average molecular weight is 216 g/mol. The Hall–Kier alpha value is -2.36. The second kappa shape index (κ2) is 3.66. The van der Waals surface area contributed by atoms with Crippen molar-refractivity contribution in [3.05, 3.63) is 42.0 Å². The molecule has 0 bridgehead atoms. The Balaban J connectivity index is 2.56. The van der Waals surface area contributed by atoms with Crippen LogP contribution in [0.1, 0.15) is 5.56 Å². The number of carbonyl (C=O) groups excluding carboxylic acids is 2. The number of carbonyl (C=O) groups is 2. The SMILES string of the molecule is O=C1C=CC(=O)C(c2cc(O)ccc2O)=C1. The number of allylic oxidation sites excluding steroid dienone is 4. The van der Waals surface area contributed by atoms with E-state index in [4.69, 9.17) is 0 Å². The van der Waals surface area contributed by atoms with E-state index >= 15 is 0 Å². The zero-order valence-corrected chi connectivity index (χ0v) is 8.18. The Morgan fingerprint density at radius 1 is 1.00 bits per heavy atom. The second-order valence-electron chi connectivity index (χ2n) is 3.36. The summed E-state index contributed by atoms with van der Waals surface area (Å²) in [4.78, 5) is 22.6. The molecule has 2 rings (SSSR count). The largest absolute Gasteiger partial charge is 0.508 e. The zero-order chi connectivity index (χ0) is 11.7. The highest BCUT2D eigenvalue weighted by Gasteiger charge is 2.18. The predicted octanol–water partition coefficient (Wildman–Crippen LogP) is 1.19. The summed E-state index contributed by atoms with van der Waals surface area (Å²) in [6.45, 7) is 0. The number of aromatic hydroxyl groups is 2. The Kier molecular flexibility index (Phi) is 2.32. The maximum Gasteiger partial charge on any atom is 0.186 e. The van der Waals surface area contributed by atoms with Crippen LogP contribution in [0.3, 0.4) is 0 Å². The molecule has 0 atom stereocenters. The van der Waals surface area contributed by atoms with Gasteiger partial charge in [0.25, 0.3) is 0 Å². The van der Waals surface area contributed by atoms with Crippen molar-refractivity contribution in [1.82, 2.24) is 0 Å². The highest BCUT2D eigenvalue weighted by atomic mass is 16.3. The lowest BCUT2D eigenvalue weighted by Crippen LogP contribution is -2.06. The third-order valence-electron chi connectivity index (χ3n) is 2.22. The summed E-state index contributed by atoms with van der Waals surface area (Å²) in [6, 6.07) is 3.80. The molecule has 0 radical (unpaired) electrons. The van der Waals surface area contributed by atoms with E-state index in [1.807, 2.05) is 0 Å². The van der Waals surface area contributed by atoms with Crippen LogP contribution in [0.15, 0.2) is 36.4 Å². The first-order valence-corrected chi connectivity index (χ1v) is 4.58. The normalized spacial score (nSPS) is 15.1. The Morgan fingerprint density at radius 2 is 1.75 bits per heavy atom. The van der Waals surface area contributed by atoms with Gasteiger partial charge in [-0.3, -0.25) is 9.59 Å². The molecule has 0 spiro atoms. The molecule has 0 fully saturated rings. The Morgan fingerprint density at radius 3 is 2.50 bits per heavy atom. The van der Waals surface area contributed by atoms with E-state index < -0.39 is 0 Å². The topological polar surface area (TPSA) is 74.6 Å². The summed E-state index contributed by atoms with van der Waals surface area (Å²) in [5.41, 5.74) is 0.239. The fourth-order valence-corrected chi connectivity index (χ4v) is 1.46. The lowest BCUT2D eigenvalue weighted by Gasteiger charge is -2.09. The van der Waals surface area contributed by atoms with E-state index in [2.05, 4.69) is 0 Å². The molecule has 1 aliphatic carbocycles. The number of hydrogen-bond acceptors (Lipinski definition) is 4. The van der Waals surface area contributed by atoms with Gasteiger partial charge in [-0.25, -0.2) is 0 Å². The average Bonchev–Trinajstić information content (AvgIpc) is 2.25. The summed E-state index contributed by atoms with van der Waals surface area (Å²) in [7, 11) is 0. The fourth-order valence-electron chi connectivity index (χ4n) is 1.46. The van der Waals surface area contributed by atoms with Gasteiger partial charge in [0.05, 0.1) is 0 Å². The number of hydrogen-bond donors (Lipinski definition) is 2. The summed E-state index contributed by atoms with van der Waals surface area (Å²) in [5.74, 6) is -0.929. The van der Waals surface area contributed by atoms with Crippen molar-refractivity contribution in [2.45, 2.75) is 0 Å². The van der Waals surface area contributed by atoms with Gasteiger partial charge in [-0.05, 0) is 36.4 Å². The Labute approximate surface area is 91.1 Å². The van der Waals surface area contributed by atoms with Crippen molar-refractivity contribution in [2.24, 2.45) is 0 Å². The minimum Gasteiger partial charge on any atom is -0.508 e. The minimum absolute atomic E-state index is 0.0801. The number of ketones is 2. The number of rotatable bonds is 1. The Bertz CT molecular complexity index is 538. The summed E-state index contributed by atoms with van der Waals surface area (Å²) >= 11 is 0. The van der Waals surface area contributed by atoms with Crippen LogP contribution in [-0.4, -0.2) is 21.8 Å². The van der Waals surface area contributed by atoms with E-state index in [1.54, 1.807) is 0 Å². The van der Waals surface area contributed by atoms with Crippen LogP contribution in [0.2, 0.25) is 0 Å². The zero-order valence-electron chi connectivity index (χ0n) is 8.18. The van der Waals surface area contributed by atoms with E-state index in [0.717, 1.165) is 18.2 Å². The molecule has 1 aliphatic rings. The summed E-state index contributed by atoms with van der Waals surface area (Å²) < 4.78 is 0. The molecule has 0 unspecified atom stereocenters. The van der Waals surface area contributed by atoms with Crippen molar-refractivity contribution >= 4 is 17.1 Å². The first-order chi connectivity index (χ1) is 7.58. The molecule has 16 heavy (non-hydrogen) atoms. The van der Waals surface area contributed by atoms with Crippen LogP contribution in [0, 0.1) is 0 Å². The van der Waals surface area contributed by atoms with Crippen LogP contribution in [0.25, 0.3) is 5.57 Å². The van der Waals surface area contributed by atoms with Crippen LogP contribution in [0.4, 0.5) is 0 Å². The summed E-state index contributed by atoms with van der Waals surface area (Å²) in [5, 5.41) is 18.8. The van der Waals surface area contributed by atoms with Crippen LogP contribution in [0.5, 0.6) is 11.5 Å². The predicted molar refractivity (Wildman–Crippen MR) is 56.9 cm³/mol. The summed E-state index contributed by atoms with van der Waals surface area (Å²) in [6.07, 6.45) is 3.43. The molecule has 2 N–H and O–H groups in total. The van der Waals surface area contributed by atoms with Gasteiger partial charge in [0, 0.05) is 11.1 Å². The van der Waals surface area contributed by atoms with Gasteiger partial charge >= 0.3 is 0 Å². The number of phenols is 2. The van der Waals surface area contributed by atoms with E-state index in [1.165, 1.54) is 18.2 Å². The molecule has 4 nitrogen and oxygen atoms in total. The molecular formula is C12H8O4. The third-order valence-corrected chi connectivity index (χ3v) is 2.22. The van der Waals surface area contributed by atoms with Gasteiger partial charge in [0.15, 0.2) is 11.6 Å². The van der Waals surface area contributed by atoms with Crippen molar-refractivity contribution < 1.29 is 19.8 Å². The highest BCUT2D eigenvalue weighted by molar-refractivity contribution is 6.34. The number of phenolic OH excluding ortho intramolecular Hbond substituents is 2. The highest BCUT2D eigenvalue weighted by Crippen LogP contribution is 2.30. The van der Waals surface area contributed by atoms with Gasteiger partial charge in [0.1, 0.15) is 11.5 Å². The molecule has 0 saturated heterocycles. The maximum absolute atomic E-state index is 11.5. The molecule has 0 saturated carbocycles. The minimum atomic E-state index is -0.375. The lowest BCUT2D eigenvalue weighted by atomic mass is 9.95. The molecule has 1 aromatic rings. The van der Waals surface area contributed by atoms with Gasteiger partial charge in [-0.1, -0.05) is 0 Å². The standard InChI is InChI=1S/C12H8O4/c13-7-1-3-11(15)9(5-7)10-6-8(14)2-4-12(10)16/h1-6,13,15H. The van der Waals surface area contributed by atoms with Gasteiger partial charge in [-0.15, -0.1) is 0 Å². The maximum atomic E-state index is 11.5. The van der Waals surface area contributed by atoms with Crippen LogP contribution in [-0.2, 0) is 9.59 Å². The molecule has 0 heterocycles. The first kappa shape index (κ1) is 10.2. The van der Waals surface area contributed by atoms with Gasteiger partial charge in [0.2, 0.25) is 0 Å². The second-order valence-corrected chi connectivity index (χ2v) is 3.36. The molecule has 80 valence electrons. The van der Waals surface area contributed by atoms with E-state index in [0.29, 0.717) is 0 Å². The number of benzene rings is 1. The van der Waals surface area contributed by atoms with E-state index in [9.17, 15) is 19.8 Å². The fraction of sp³-hybridized carbons (Fsp3) is 0.